The lowest BCUT2D eigenvalue weighted by Crippen LogP contribution is -2.03. The molecule has 0 aliphatic carbocycles. The van der Waals surface area contributed by atoms with Gasteiger partial charge in [-0.3, -0.25) is 0 Å². The molecule has 0 aliphatic rings. The highest BCUT2D eigenvalue weighted by Crippen LogP contribution is 2.21. The van der Waals surface area contributed by atoms with Gasteiger partial charge >= 0.3 is 0 Å². The topological polar surface area (TPSA) is 61.3 Å². The smallest absolute Gasteiger partial charge is 0.142 e. The highest BCUT2D eigenvalue weighted by atomic mass is 35.5. The second-order valence-electron chi connectivity index (χ2n) is 2.61. The fourth-order valence-electron chi connectivity index (χ4n) is 1.08. The molecule has 0 aliphatic heterocycles. The first-order valence-corrected chi connectivity index (χ1v) is 3.90. The number of anilines is 1. The molecule has 1 aromatic rings. The van der Waals surface area contributed by atoms with Gasteiger partial charge in [-0.05, 0) is 30.7 Å². The molecule has 0 amide bonds. The van der Waals surface area contributed by atoms with Gasteiger partial charge in [-0.25, -0.2) is 0 Å². The summed E-state index contributed by atoms with van der Waals surface area (Å²) < 4.78 is 5.07. The summed E-state index contributed by atoms with van der Waals surface area (Å²) in [4.78, 5) is 0. The first kappa shape index (κ1) is 15.8. The maximum Gasteiger partial charge on any atom is 0.142 e. The molecule has 1 aromatic carbocycles. The van der Waals surface area contributed by atoms with Crippen molar-refractivity contribution in [3.8, 4) is 5.75 Å². The van der Waals surface area contributed by atoms with Crippen LogP contribution in [0.5, 0.6) is 5.75 Å². The van der Waals surface area contributed by atoms with Crippen molar-refractivity contribution in [3.63, 3.8) is 0 Å². The monoisotopic (exact) mass is 238 g/mol. The molecule has 0 saturated heterocycles. The minimum absolute atomic E-state index is 0. The number of rotatable bonds is 3. The Morgan fingerprint density at radius 2 is 1.93 bits per heavy atom. The van der Waals surface area contributed by atoms with E-state index >= 15 is 0 Å². The summed E-state index contributed by atoms with van der Waals surface area (Å²) in [6.07, 6.45) is 0.858. The summed E-state index contributed by atoms with van der Waals surface area (Å²) in [7, 11) is 1.61. The Labute approximate surface area is 96.6 Å². The van der Waals surface area contributed by atoms with E-state index in [4.69, 9.17) is 16.2 Å². The molecule has 14 heavy (non-hydrogen) atoms. The average Bonchev–Trinajstić information content (AvgIpc) is 2.09. The molecule has 82 valence electrons. The molecule has 0 atom stereocenters. The second-order valence-corrected chi connectivity index (χ2v) is 2.61. The van der Waals surface area contributed by atoms with E-state index in [0.29, 0.717) is 12.2 Å². The van der Waals surface area contributed by atoms with E-state index < -0.39 is 0 Å². The van der Waals surface area contributed by atoms with E-state index in [0.717, 1.165) is 17.7 Å². The Bertz CT molecular complexity index is 269. The number of ether oxygens (including phenoxy) is 1. The van der Waals surface area contributed by atoms with Crippen LogP contribution in [0.15, 0.2) is 18.2 Å². The van der Waals surface area contributed by atoms with Crippen LogP contribution in [0, 0.1) is 0 Å². The van der Waals surface area contributed by atoms with Crippen molar-refractivity contribution in [1.82, 2.24) is 0 Å². The fraction of sp³-hybridized carbons (Fsp3) is 0.333. The highest BCUT2D eigenvalue weighted by Gasteiger charge is 1.99. The molecular formula is C9H16Cl2N2O. The molecule has 1 rings (SSSR count). The van der Waals surface area contributed by atoms with Crippen molar-refractivity contribution in [2.45, 2.75) is 6.42 Å². The number of methoxy groups -OCH3 is 1. The van der Waals surface area contributed by atoms with E-state index in [1.807, 2.05) is 18.2 Å². The average molecular weight is 239 g/mol. The van der Waals surface area contributed by atoms with Gasteiger partial charge in [0.15, 0.2) is 0 Å². The standard InChI is InChI=1S/C9H14N2O.2ClH/c1-12-9-6-7(4-5-10)2-3-8(9)11;;/h2-3,6H,4-5,10-11H2,1H3;2*1H. The van der Waals surface area contributed by atoms with Gasteiger partial charge in [0.05, 0.1) is 12.8 Å². The lowest BCUT2D eigenvalue weighted by molar-refractivity contribution is 0.416. The third-order valence-corrected chi connectivity index (χ3v) is 1.73. The zero-order valence-corrected chi connectivity index (χ0v) is 9.66. The van der Waals surface area contributed by atoms with Gasteiger partial charge in [0.1, 0.15) is 5.75 Å². The zero-order valence-electron chi connectivity index (χ0n) is 8.03. The van der Waals surface area contributed by atoms with Crippen LogP contribution in [-0.4, -0.2) is 13.7 Å². The Hall–Kier alpha value is -0.640. The van der Waals surface area contributed by atoms with Crippen molar-refractivity contribution in [3.05, 3.63) is 23.8 Å². The highest BCUT2D eigenvalue weighted by molar-refractivity contribution is 5.85. The zero-order chi connectivity index (χ0) is 8.97. The molecule has 0 fully saturated rings. The van der Waals surface area contributed by atoms with Crippen LogP contribution >= 0.6 is 24.8 Å². The van der Waals surface area contributed by atoms with Crippen LogP contribution in [0.4, 0.5) is 5.69 Å². The molecule has 0 heterocycles. The number of halogens is 2. The third-order valence-electron chi connectivity index (χ3n) is 1.73. The van der Waals surface area contributed by atoms with E-state index in [1.165, 1.54) is 0 Å². The number of hydrogen-bond acceptors (Lipinski definition) is 3. The summed E-state index contributed by atoms with van der Waals surface area (Å²) in [5.41, 5.74) is 12.9. The minimum Gasteiger partial charge on any atom is -0.495 e. The first-order chi connectivity index (χ1) is 5.77. The van der Waals surface area contributed by atoms with Gasteiger partial charge in [-0.15, -0.1) is 24.8 Å². The van der Waals surface area contributed by atoms with Crippen LogP contribution in [-0.2, 0) is 6.42 Å². The fourth-order valence-corrected chi connectivity index (χ4v) is 1.08. The first-order valence-electron chi connectivity index (χ1n) is 3.90. The molecule has 5 heteroatoms. The van der Waals surface area contributed by atoms with E-state index in [9.17, 15) is 0 Å². The molecule has 0 unspecified atom stereocenters. The normalized spacial score (nSPS) is 8.43. The summed E-state index contributed by atoms with van der Waals surface area (Å²) in [6.45, 7) is 0.646. The molecule has 0 bridgehead atoms. The van der Waals surface area contributed by atoms with Gasteiger partial charge in [0.2, 0.25) is 0 Å². The summed E-state index contributed by atoms with van der Waals surface area (Å²) in [5.74, 6) is 0.723. The van der Waals surface area contributed by atoms with Crippen molar-refractivity contribution in [2.24, 2.45) is 5.73 Å². The van der Waals surface area contributed by atoms with Gasteiger partial charge < -0.3 is 16.2 Å². The molecule has 0 saturated carbocycles. The predicted molar refractivity (Wildman–Crippen MR) is 64.7 cm³/mol. The Balaban J connectivity index is 0. The van der Waals surface area contributed by atoms with Crippen LogP contribution in [0.25, 0.3) is 0 Å². The quantitative estimate of drug-likeness (QED) is 0.788. The van der Waals surface area contributed by atoms with Gasteiger partial charge in [-0.2, -0.15) is 0 Å². The SMILES string of the molecule is COc1cc(CCN)ccc1N.Cl.Cl. The maximum atomic E-state index is 5.64. The second kappa shape index (κ2) is 7.74. The van der Waals surface area contributed by atoms with Crippen molar-refractivity contribution >= 4 is 30.5 Å². The molecular weight excluding hydrogens is 223 g/mol. The van der Waals surface area contributed by atoms with Crippen molar-refractivity contribution < 1.29 is 4.74 Å². The maximum absolute atomic E-state index is 5.64. The van der Waals surface area contributed by atoms with E-state index in [-0.39, 0.29) is 24.8 Å². The van der Waals surface area contributed by atoms with Crippen LogP contribution < -0.4 is 16.2 Å². The largest absolute Gasteiger partial charge is 0.495 e. The number of benzene rings is 1. The Morgan fingerprint density at radius 3 is 2.43 bits per heavy atom. The number of nitrogen functional groups attached to an aromatic ring is 1. The predicted octanol–water partition coefficient (Wildman–Crippen LogP) is 1.62. The lowest BCUT2D eigenvalue weighted by Gasteiger charge is -2.06. The van der Waals surface area contributed by atoms with Crippen molar-refractivity contribution in [1.29, 1.82) is 0 Å². The summed E-state index contributed by atoms with van der Waals surface area (Å²) in [5, 5.41) is 0. The number of hydrogen-bond donors (Lipinski definition) is 2. The minimum atomic E-state index is 0. The van der Waals surface area contributed by atoms with E-state index in [1.54, 1.807) is 7.11 Å². The van der Waals surface area contributed by atoms with Crippen LogP contribution in [0.1, 0.15) is 5.56 Å². The van der Waals surface area contributed by atoms with Gasteiger partial charge in [0, 0.05) is 0 Å². The third kappa shape index (κ3) is 4.05. The molecule has 0 spiro atoms. The number of nitrogens with two attached hydrogens (primary N) is 2. The Morgan fingerprint density at radius 1 is 1.29 bits per heavy atom. The molecule has 4 N–H and O–H groups in total. The Kier molecular flexibility index (Phi) is 8.74. The molecule has 3 nitrogen and oxygen atoms in total. The summed E-state index contributed by atoms with van der Waals surface area (Å²) >= 11 is 0. The van der Waals surface area contributed by atoms with E-state index in [2.05, 4.69) is 0 Å². The molecule has 0 radical (unpaired) electrons. The van der Waals surface area contributed by atoms with Gasteiger partial charge in [0.25, 0.3) is 0 Å². The lowest BCUT2D eigenvalue weighted by atomic mass is 10.1. The summed E-state index contributed by atoms with van der Waals surface area (Å²) in [6, 6.07) is 5.72. The van der Waals surface area contributed by atoms with Gasteiger partial charge in [-0.1, -0.05) is 6.07 Å². The van der Waals surface area contributed by atoms with Crippen LogP contribution in [0.2, 0.25) is 0 Å². The van der Waals surface area contributed by atoms with Crippen LogP contribution in [0.3, 0.4) is 0 Å². The molecule has 0 aromatic heterocycles. The van der Waals surface area contributed by atoms with Crippen molar-refractivity contribution in [2.75, 3.05) is 19.4 Å².